The molecule has 2 heterocycles. The smallest absolute Gasteiger partial charge is 0.269 e. The van der Waals surface area contributed by atoms with Gasteiger partial charge in [0.05, 0.1) is 15.6 Å². The molecule has 0 aliphatic carbocycles. The summed E-state index contributed by atoms with van der Waals surface area (Å²) < 4.78 is 0. The van der Waals surface area contributed by atoms with Gasteiger partial charge in [-0.1, -0.05) is 11.6 Å². The van der Waals surface area contributed by atoms with Crippen LogP contribution in [0.25, 0.3) is 0 Å². The Balaban J connectivity index is 1.60. The summed E-state index contributed by atoms with van der Waals surface area (Å²) in [5.41, 5.74) is 3.17. The molecule has 1 saturated heterocycles. The van der Waals surface area contributed by atoms with Crippen molar-refractivity contribution in [2.24, 2.45) is 0 Å². The van der Waals surface area contributed by atoms with Crippen LogP contribution in [-0.4, -0.2) is 41.0 Å². The van der Waals surface area contributed by atoms with Crippen molar-refractivity contribution in [3.8, 4) is 0 Å². The molecule has 2 aromatic rings. The van der Waals surface area contributed by atoms with E-state index in [2.05, 4.69) is 14.8 Å². The maximum Gasteiger partial charge on any atom is 0.269 e. The van der Waals surface area contributed by atoms with E-state index in [-0.39, 0.29) is 10.6 Å². The number of piperazine rings is 1. The Morgan fingerprint density at radius 3 is 2.54 bits per heavy atom. The van der Waals surface area contributed by atoms with E-state index in [1.165, 1.54) is 0 Å². The molecule has 0 spiro atoms. The molecule has 7 heteroatoms. The van der Waals surface area contributed by atoms with Crippen molar-refractivity contribution >= 4 is 23.0 Å². The Hall–Kier alpha value is -2.18. The van der Waals surface area contributed by atoms with Crippen LogP contribution in [0.4, 0.5) is 11.4 Å². The fourth-order valence-corrected chi connectivity index (χ4v) is 3.10. The van der Waals surface area contributed by atoms with Crippen molar-refractivity contribution in [1.82, 2.24) is 9.88 Å². The molecule has 0 amide bonds. The van der Waals surface area contributed by atoms with Crippen LogP contribution in [0.3, 0.4) is 0 Å². The molecule has 24 heavy (non-hydrogen) atoms. The number of pyridine rings is 1. The lowest BCUT2D eigenvalue weighted by Gasteiger charge is -2.36. The summed E-state index contributed by atoms with van der Waals surface area (Å²) in [6, 6.07) is 8.88. The molecule has 126 valence electrons. The number of aryl methyl sites for hydroxylation is 1. The minimum absolute atomic E-state index is 0.142. The second-order valence-corrected chi connectivity index (χ2v) is 6.40. The molecule has 6 nitrogen and oxygen atoms in total. The van der Waals surface area contributed by atoms with Gasteiger partial charge in [0, 0.05) is 56.7 Å². The van der Waals surface area contributed by atoms with E-state index in [1.807, 2.05) is 25.1 Å². The van der Waals surface area contributed by atoms with Gasteiger partial charge in [-0.2, -0.15) is 0 Å². The number of rotatable bonds is 4. The summed E-state index contributed by atoms with van der Waals surface area (Å²) >= 11 is 5.86. The number of nitro groups is 1. The third-order valence-electron chi connectivity index (χ3n) is 4.28. The van der Waals surface area contributed by atoms with Crippen molar-refractivity contribution in [3.05, 3.63) is 62.9 Å². The second kappa shape index (κ2) is 7.15. The van der Waals surface area contributed by atoms with Crippen molar-refractivity contribution in [2.75, 3.05) is 31.1 Å². The van der Waals surface area contributed by atoms with Crippen molar-refractivity contribution in [3.63, 3.8) is 0 Å². The number of nitrogens with zero attached hydrogens (tertiary/aromatic N) is 4. The highest BCUT2D eigenvalue weighted by atomic mass is 35.5. The molecule has 0 radical (unpaired) electrons. The fourth-order valence-electron chi connectivity index (χ4n) is 2.98. The van der Waals surface area contributed by atoms with Gasteiger partial charge in [-0.05, 0) is 30.7 Å². The zero-order valence-corrected chi connectivity index (χ0v) is 14.2. The maximum atomic E-state index is 10.8. The molecule has 1 aromatic carbocycles. The molecular formula is C17H19ClN4O2. The quantitative estimate of drug-likeness (QED) is 0.628. The van der Waals surface area contributed by atoms with Crippen LogP contribution in [-0.2, 0) is 6.54 Å². The van der Waals surface area contributed by atoms with Gasteiger partial charge in [0.25, 0.3) is 5.69 Å². The number of halogens is 1. The van der Waals surface area contributed by atoms with Crippen LogP contribution in [0.1, 0.15) is 11.3 Å². The Morgan fingerprint density at radius 1 is 1.21 bits per heavy atom. The molecule has 0 saturated carbocycles. The number of anilines is 1. The summed E-state index contributed by atoms with van der Waals surface area (Å²) in [5.74, 6) is 0. The average molecular weight is 347 g/mol. The summed E-state index contributed by atoms with van der Waals surface area (Å²) in [6.07, 6.45) is 1.67. The zero-order chi connectivity index (χ0) is 17.1. The minimum Gasteiger partial charge on any atom is -0.369 e. The molecule has 1 aliphatic rings. The molecular weight excluding hydrogens is 328 g/mol. The summed E-state index contributed by atoms with van der Waals surface area (Å²) in [7, 11) is 0. The van der Waals surface area contributed by atoms with Crippen LogP contribution in [0.5, 0.6) is 0 Å². The number of aromatic nitrogens is 1. The molecule has 1 fully saturated rings. The van der Waals surface area contributed by atoms with Gasteiger partial charge < -0.3 is 4.90 Å². The monoisotopic (exact) mass is 346 g/mol. The number of non-ortho nitro benzene ring substituents is 1. The number of nitro benzene ring substituents is 1. The maximum absolute atomic E-state index is 10.8. The van der Waals surface area contributed by atoms with Crippen molar-refractivity contribution in [2.45, 2.75) is 13.5 Å². The van der Waals surface area contributed by atoms with E-state index in [0.29, 0.717) is 5.02 Å². The van der Waals surface area contributed by atoms with Crippen LogP contribution in [0.15, 0.2) is 36.5 Å². The van der Waals surface area contributed by atoms with Gasteiger partial charge in [0.1, 0.15) is 0 Å². The molecule has 0 atom stereocenters. The summed E-state index contributed by atoms with van der Waals surface area (Å²) in [4.78, 5) is 19.5. The lowest BCUT2D eigenvalue weighted by atomic mass is 10.1. The Morgan fingerprint density at radius 2 is 1.96 bits per heavy atom. The molecule has 0 N–H and O–H groups in total. The molecule has 0 unspecified atom stereocenters. The standard InChI is InChI=1S/C17H19ClN4O2/c1-13-10-16(22(23)24)4-5-17(13)21-8-6-20(7-9-21)12-15-3-2-14(18)11-19-15/h2-5,10-11H,6-9,12H2,1H3. The van der Waals surface area contributed by atoms with Gasteiger partial charge >= 0.3 is 0 Å². The van der Waals surface area contributed by atoms with Crippen LogP contribution in [0.2, 0.25) is 5.02 Å². The third-order valence-corrected chi connectivity index (χ3v) is 4.50. The third kappa shape index (κ3) is 3.83. The first-order valence-corrected chi connectivity index (χ1v) is 8.23. The van der Waals surface area contributed by atoms with E-state index in [9.17, 15) is 10.1 Å². The van der Waals surface area contributed by atoms with Crippen molar-refractivity contribution in [1.29, 1.82) is 0 Å². The first-order chi connectivity index (χ1) is 11.5. The average Bonchev–Trinajstić information content (AvgIpc) is 2.58. The van der Waals surface area contributed by atoms with E-state index in [4.69, 9.17) is 11.6 Å². The minimum atomic E-state index is -0.353. The highest BCUT2D eigenvalue weighted by molar-refractivity contribution is 6.30. The van der Waals surface area contributed by atoms with Gasteiger partial charge in [-0.3, -0.25) is 20.0 Å². The van der Waals surface area contributed by atoms with Gasteiger partial charge in [-0.25, -0.2) is 0 Å². The van der Waals surface area contributed by atoms with E-state index in [0.717, 1.165) is 49.7 Å². The molecule has 0 bridgehead atoms. The SMILES string of the molecule is Cc1cc([N+](=O)[O-])ccc1N1CCN(Cc2ccc(Cl)cn2)CC1. The van der Waals surface area contributed by atoms with Crippen LogP contribution in [0, 0.1) is 17.0 Å². The summed E-state index contributed by atoms with van der Waals surface area (Å²) in [6.45, 7) is 6.39. The zero-order valence-electron chi connectivity index (χ0n) is 13.5. The van der Waals surface area contributed by atoms with Crippen LogP contribution >= 0.6 is 11.6 Å². The Kier molecular flexibility index (Phi) is 4.97. The fraction of sp³-hybridized carbons (Fsp3) is 0.353. The van der Waals surface area contributed by atoms with E-state index >= 15 is 0 Å². The molecule has 1 aliphatic heterocycles. The number of hydrogen-bond acceptors (Lipinski definition) is 5. The largest absolute Gasteiger partial charge is 0.369 e. The van der Waals surface area contributed by atoms with E-state index in [1.54, 1.807) is 18.3 Å². The highest BCUT2D eigenvalue weighted by Gasteiger charge is 2.20. The van der Waals surface area contributed by atoms with Crippen molar-refractivity contribution < 1.29 is 4.92 Å². The first kappa shape index (κ1) is 16.7. The highest BCUT2D eigenvalue weighted by Crippen LogP contribution is 2.25. The summed E-state index contributed by atoms with van der Waals surface area (Å²) in [5, 5.41) is 11.5. The second-order valence-electron chi connectivity index (χ2n) is 5.96. The number of benzene rings is 1. The Labute approximate surface area is 145 Å². The predicted octanol–water partition coefficient (Wildman–Crippen LogP) is 3.27. The normalized spacial score (nSPS) is 15.5. The lowest BCUT2D eigenvalue weighted by molar-refractivity contribution is -0.384. The van der Waals surface area contributed by atoms with Gasteiger partial charge in [-0.15, -0.1) is 0 Å². The number of hydrogen-bond donors (Lipinski definition) is 0. The van der Waals surface area contributed by atoms with E-state index < -0.39 is 0 Å². The topological polar surface area (TPSA) is 62.5 Å². The Bertz CT molecular complexity index is 728. The van der Waals surface area contributed by atoms with Gasteiger partial charge in [0.2, 0.25) is 0 Å². The van der Waals surface area contributed by atoms with Gasteiger partial charge in [0.15, 0.2) is 0 Å². The molecule has 3 rings (SSSR count). The predicted molar refractivity (Wildman–Crippen MR) is 94.6 cm³/mol. The van der Waals surface area contributed by atoms with Crippen LogP contribution < -0.4 is 4.90 Å². The first-order valence-electron chi connectivity index (χ1n) is 7.86. The molecule has 1 aromatic heterocycles. The lowest BCUT2D eigenvalue weighted by Crippen LogP contribution is -2.46.